The van der Waals surface area contributed by atoms with Crippen LogP contribution in [0.4, 0.5) is 5.82 Å². The average molecular weight is 262 g/mol. The number of piperidine rings is 1. The molecule has 0 radical (unpaired) electrons. The molecular formula is C15H26N4. The zero-order valence-electron chi connectivity index (χ0n) is 12.4. The first-order valence-corrected chi connectivity index (χ1v) is 7.49. The van der Waals surface area contributed by atoms with Gasteiger partial charge in [0.25, 0.3) is 0 Å². The van der Waals surface area contributed by atoms with Crippen molar-refractivity contribution in [3.8, 4) is 0 Å². The molecule has 1 aromatic rings. The van der Waals surface area contributed by atoms with Crippen LogP contribution in [0.1, 0.15) is 44.0 Å². The maximum atomic E-state index is 4.50. The summed E-state index contributed by atoms with van der Waals surface area (Å²) in [5.74, 6) is 0.935. The SMILES string of the molecule is CCC1CCCCN1CCNc1nc(C)cnc1C. The molecule has 2 heterocycles. The van der Waals surface area contributed by atoms with Crippen molar-refractivity contribution in [2.45, 2.75) is 52.5 Å². The summed E-state index contributed by atoms with van der Waals surface area (Å²) in [6.45, 7) is 9.59. The van der Waals surface area contributed by atoms with E-state index >= 15 is 0 Å². The third kappa shape index (κ3) is 3.90. The molecule has 4 nitrogen and oxygen atoms in total. The Labute approximate surface area is 116 Å². The van der Waals surface area contributed by atoms with E-state index < -0.39 is 0 Å². The maximum absolute atomic E-state index is 4.50. The minimum Gasteiger partial charge on any atom is -0.367 e. The van der Waals surface area contributed by atoms with E-state index in [2.05, 4.69) is 27.1 Å². The quantitative estimate of drug-likeness (QED) is 0.886. The highest BCUT2D eigenvalue weighted by Gasteiger charge is 2.19. The van der Waals surface area contributed by atoms with Crippen LogP contribution in [0, 0.1) is 13.8 Å². The summed E-state index contributed by atoms with van der Waals surface area (Å²) in [7, 11) is 0. The molecule has 1 aliphatic rings. The molecular weight excluding hydrogens is 236 g/mol. The van der Waals surface area contributed by atoms with Crippen LogP contribution in [0.5, 0.6) is 0 Å². The zero-order valence-corrected chi connectivity index (χ0v) is 12.4. The van der Waals surface area contributed by atoms with Gasteiger partial charge >= 0.3 is 0 Å². The smallest absolute Gasteiger partial charge is 0.147 e. The largest absolute Gasteiger partial charge is 0.367 e. The van der Waals surface area contributed by atoms with E-state index in [1.54, 1.807) is 0 Å². The number of aromatic nitrogens is 2. The summed E-state index contributed by atoms with van der Waals surface area (Å²) in [5, 5.41) is 3.43. The van der Waals surface area contributed by atoms with Gasteiger partial charge in [0.15, 0.2) is 0 Å². The van der Waals surface area contributed by atoms with E-state index in [9.17, 15) is 0 Å². The van der Waals surface area contributed by atoms with Gasteiger partial charge in [-0.25, -0.2) is 4.98 Å². The van der Waals surface area contributed by atoms with Crippen LogP contribution in [0.3, 0.4) is 0 Å². The van der Waals surface area contributed by atoms with Crippen molar-refractivity contribution in [3.05, 3.63) is 17.6 Å². The summed E-state index contributed by atoms with van der Waals surface area (Å²) in [6, 6.07) is 0.778. The molecule has 1 aliphatic heterocycles. The van der Waals surface area contributed by atoms with Crippen molar-refractivity contribution in [3.63, 3.8) is 0 Å². The van der Waals surface area contributed by atoms with Gasteiger partial charge in [0.1, 0.15) is 5.82 Å². The van der Waals surface area contributed by atoms with Gasteiger partial charge in [0.2, 0.25) is 0 Å². The minimum atomic E-state index is 0.778. The molecule has 19 heavy (non-hydrogen) atoms. The third-order valence-electron chi connectivity index (χ3n) is 3.99. The summed E-state index contributed by atoms with van der Waals surface area (Å²) in [4.78, 5) is 11.5. The second-order valence-electron chi connectivity index (χ2n) is 5.47. The lowest BCUT2D eigenvalue weighted by Crippen LogP contribution is -2.41. The number of nitrogens with zero attached hydrogens (tertiary/aromatic N) is 3. The Hall–Kier alpha value is -1.16. The normalized spacial score (nSPS) is 20.5. The van der Waals surface area contributed by atoms with Gasteiger partial charge in [-0.1, -0.05) is 13.3 Å². The summed E-state index contributed by atoms with van der Waals surface area (Å²) in [5.41, 5.74) is 1.95. The molecule has 0 spiro atoms. The standard InChI is InChI=1S/C15H26N4/c1-4-14-7-5-6-9-19(14)10-8-16-15-13(3)17-11-12(2)18-15/h11,14H,4-10H2,1-3H3,(H,16,18). The van der Waals surface area contributed by atoms with Crippen LogP contribution in [0.25, 0.3) is 0 Å². The van der Waals surface area contributed by atoms with Crippen molar-refractivity contribution in [1.29, 1.82) is 0 Å². The van der Waals surface area contributed by atoms with E-state index in [1.807, 2.05) is 20.0 Å². The van der Waals surface area contributed by atoms with E-state index in [1.165, 1.54) is 32.2 Å². The van der Waals surface area contributed by atoms with Crippen molar-refractivity contribution < 1.29 is 0 Å². The molecule has 1 atom stereocenters. The van der Waals surface area contributed by atoms with Gasteiger partial charge in [-0.05, 0) is 39.7 Å². The van der Waals surface area contributed by atoms with Gasteiger partial charge < -0.3 is 5.32 Å². The molecule has 0 aliphatic carbocycles. The lowest BCUT2D eigenvalue weighted by Gasteiger charge is -2.35. The molecule has 106 valence electrons. The number of nitrogens with one attached hydrogen (secondary N) is 1. The van der Waals surface area contributed by atoms with Gasteiger partial charge in [-0.15, -0.1) is 0 Å². The molecule has 2 rings (SSSR count). The molecule has 0 bridgehead atoms. The Morgan fingerprint density at radius 3 is 3.00 bits per heavy atom. The molecule has 0 saturated carbocycles. The van der Waals surface area contributed by atoms with E-state index in [0.29, 0.717) is 0 Å². The topological polar surface area (TPSA) is 41.0 Å². The van der Waals surface area contributed by atoms with Crippen LogP contribution in [0.2, 0.25) is 0 Å². The molecule has 1 N–H and O–H groups in total. The Bertz CT molecular complexity index is 405. The second-order valence-corrected chi connectivity index (χ2v) is 5.47. The molecule has 1 saturated heterocycles. The molecule has 1 unspecified atom stereocenters. The molecule has 0 amide bonds. The highest BCUT2D eigenvalue weighted by molar-refractivity contribution is 5.39. The molecule has 4 heteroatoms. The van der Waals surface area contributed by atoms with E-state index in [4.69, 9.17) is 0 Å². The molecule has 1 aromatic heterocycles. The third-order valence-corrected chi connectivity index (χ3v) is 3.99. The fraction of sp³-hybridized carbons (Fsp3) is 0.733. The van der Waals surface area contributed by atoms with Crippen LogP contribution < -0.4 is 5.32 Å². The van der Waals surface area contributed by atoms with E-state index in [0.717, 1.165) is 36.3 Å². The van der Waals surface area contributed by atoms with Crippen molar-refractivity contribution >= 4 is 5.82 Å². The van der Waals surface area contributed by atoms with Crippen molar-refractivity contribution in [2.75, 3.05) is 25.0 Å². The fourth-order valence-electron chi connectivity index (χ4n) is 2.84. The number of anilines is 1. The summed E-state index contributed by atoms with van der Waals surface area (Å²) >= 11 is 0. The molecule has 1 fully saturated rings. The Kier molecular flexibility index (Phi) is 5.14. The number of hydrogen-bond donors (Lipinski definition) is 1. The Balaban J connectivity index is 1.83. The van der Waals surface area contributed by atoms with Gasteiger partial charge in [-0.3, -0.25) is 9.88 Å². The fourth-order valence-corrected chi connectivity index (χ4v) is 2.84. The maximum Gasteiger partial charge on any atom is 0.147 e. The number of likely N-dealkylation sites (tertiary alicyclic amines) is 1. The lowest BCUT2D eigenvalue weighted by atomic mass is 10.0. The predicted octanol–water partition coefficient (Wildman–Crippen LogP) is 2.77. The first-order chi connectivity index (χ1) is 9.20. The Morgan fingerprint density at radius 1 is 1.37 bits per heavy atom. The van der Waals surface area contributed by atoms with Gasteiger partial charge in [0, 0.05) is 25.3 Å². The van der Waals surface area contributed by atoms with Gasteiger partial charge in [0.05, 0.1) is 11.4 Å². The summed E-state index contributed by atoms with van der Waals surface area (Å²) in [6.07, 6.45) is 7.19. The van der Waals surface area contributed by atoms with Crippen LogP contribution in [0.15, 0.2) is 6.20 Å². The highest BCUT2D eigenvalue weighted by atomic mass is 15.2. The van der Waals surface area contributed by atoms with Crippen LogP contribution >= 0.6 is 0 Å². The number of aryl methyl sites for hydroxylation is 2. The first-order valence-electron chi connectivity index (χ1n) is 7.49. The van der Waals surface area contributed by atoms with Crippen molar-refractivity contribution in [2.24, 2.45) is 0 Å². The summed E-state index contributed by atoms with van der Waals surface area (Å²) < 4.78 is 0. The average Bonchev–Trinajstić information content (AvgIpc) is 2.43. The van der Waals surface area contributed by atoms with Crippen LogP contribution in [-0.4, -0.2) is 40.5 Å². The minimum absolute atomic E-state index is 0.778. The highest BCUT2D eigenvalue weighted by Crippen LogP contribution is 2.19. The number of rotatable bonds is 5. The number of hydrogen-bond acceptors (Lipinski definition) is 4. The Morgan fingerprint density at radius 2 is 2.21 bits per heavy atom. The molecule has 0 aromatic carbocycles. The van der Waals surface area contributed by atoms with E-state index in [-0.39, 0.29) is 0 Å². The van der Waals surface area contributed by atoms with Crippen molar-refractivity contribution in [1.82, 2.24) is 14.9 Å². The monoisotopic (exact) mass is 262 g/mol. The zero-order chi connectivity index (χ0) is 13.7. The predicted molar refractivity (Wildman–Crippen MR) is 79.5 cm³/mol. The second kappa shape index (κ2) is 6.85. The lowest BCUT2D eigenvalue weighted by molar-refractivity contribution is 0.150. The first kappa shape index (κ1) is 14.3. The van der Waals surface area contributed by atoms with Gasteiger partial charge in [-0.2, -0.15) is 0 Å². The van der Waals surface area contributed by atoms with Crippen LogP contribution in [-0.2, 0) is 0 Å².